The van der Waals surface area contributed by atoms with Crippen molar-refractivity contribution in [3.63, 3.8) is 0 Å². The van der Waals surface area contributed by atoms with Gasteiger partial charge in [-0.3, -0.25) is 4.99 Å². The number of amidine groups is 1. The van der Waals surface area contributed by atoms with Crippen LogP contribution in [-0.4, -0.2) is 30.6 Å². The predicted molar refractivity (Wildman–Crippen MR) is 101 cm³/mol. The van der Waals surface area contributed by atoms with Gasteiger partial charge >= 0.3 is 0 Å². The highest BCUT2D eigenvalue weighted by atomic mass is 16.3. The second-order valence-electron chi connectivity index (χ2n) is 7.08. The summed E-state index contributed by atoms with van der Waals surface area (Å²) in [6, 6.07) is 0. The molecule has 3 nitrogen and oxygen atoms in total. The zero-order chi connectivity index (χ0) is 16.6. The fourth-order valence-corrected chi connectivity index (χ4v) is 3.50. The third-order valence-electron chi connectivity index (χ3n) is 4.97. The Balaban J connectivity index is 1.88. The molecule has 1 unspecified atom stereocenters. The van der Waals surface area contributed by atoms with Gasteiger partial charge in [-0.2, -0.15) is 0 Å². The van der Waals surface area contributed by atoms with E-state index in [1.54, 1.807) is 0 Å². The van der Waals surface area contributed by atoms with Crippen LogP contribution in [0.3, 0.4) is 0 Å². The molecule has 0 bridgehead atoms. The van der Waals surface area contributed by atoms with Gasteiger partial charge in [-0.25, -0.2) is 0 Å². The van der Waals surface area contributed by atoms with Gasteiger partial charge < -0.3 is 10.4 Å². The molecule has 136 valence electrons. The molecule has 3 heteroatoms. The van der Waals surface area contributed by atoms with E-state index < -0.39 is 0 Å². The second-order valence-corrected chi connectivity index (χ2v) is 7.08. The molecule has 0 aliphatic carbocycles. The van der Waals surface area contributed by atoms with Gasteiger partial charge in [-0.1, -0.05) is 84.0 Å². The van der Waals surface area contributed by atoms with Crippen molar-refractivity contribution in [2.45, 2.75) is 96.8 Å². The van der Waals surface area contributed by atoms with E-state index in [9.17, 15) is 5.11 Å². The highest BCUT2D eigenvalue weighted by Crippen LogP contribution is 2.18. The molecule has 0 radical (unpaired) electrons. The zero-order valence-corrected chi connectivity index (χ0v) is 15.5. The lowest BCUT2D eigenvalue weighted by molar-refractivity contribution is 0.268. The molecule has 0 amide bonds. The Labute approximate surface area is 144 Å². The maximum absolute atomic E-state index is 9.21. The summed E-state index contributed by atoms with van der Waals surface area (Å²) >= 11 is 0. The molecular weight excluding hydrogens is 284 g/mol. The van der Waals surface area contributed by atoms with Crippen LogP contribution in [0.15, 0.2) is 4.99 Å². The third-order valence-corrected chi connectivity index (χ3v) is 4.97. The van der Waals surface area contributed by atoms with E-state index >= 15 is 0 Å². The van der Waals surface area contributed by atoms with E-state index in [2.05, 4.69) is 17.2 Å². The Kier molecular flexibility index (Phi) is 13.3. The summed E-state index contributed by atoms with van der Waals surface area (Å²) in [4.78, 5) is 4.52. The highest BCUT2D eigenvalue weighted by Gasteiger charge is 2.17. The van der Waals surface area contributed by atoms with Crippen molar-refractivity contribution in [1.82, 2.24) is 5.32 Å². The number of nitrogens with zero attached hydrogens (tertiary/aromatic N) is 1. The van der Waals surface area contributed by atoms with E-state index in [1.807, 2.05) is 0 Å². The Bertz CT molecular complexity index is 291. The van der Waals surface area contributed by atoms with Gasteiger partial charge in [-0.15, -0.1) is 0 Å². The lowest BCUT2D eigenvalue weighted by Crippen LogP contribution is -2.27. The van der Waals surface area contributed by atoms with Crippen molar-refractivity contribution in [3.05, 3.63) is 0 Å². The first-order valence-electron chi connectivity index (χ1n) is 10.3. The average molecular weight is 325 g/mol. The summed E-state index contributed by atoms with van der Waals surface area (Å²) in [5.41, 5.74) is 0. The van der Waals surface area contributed by atoms with Crippen LogP contribution in [0, 0.1) is 5.92 Å². The van der Waals surface area contributed by atoms with E-state index in [1.165, 1.54) is 83.5 Å². The minimum Gasteiger partial charge on any atom is -0.396 e. The van der Waals surface area contributed by atoms with Crippen molar-refractivity contribution in [3.8, 4) is 0 Å². The molecule has 23 heavy (non-hydrogen) atoms. The Morgan fingerprint density at radius 3 is 1.91 bits per heavy atom. The number of hydrogen-bond donors (Lipinski definition) is 2. The minimum atomic E-state index is 0.281. The molecule has 0 spiro atoms. The van der Waals surface area contributed by atoms with Gasteiger partial charge in [0.05, 0.1) is 12.4 Å². The Morgan fingerprint density at radius 2 is 1.43 bits per heavy atom. The topological polar surface area (TPSA) is 44.6 Å². The second kappa shape index (κ2) is 15.0. The Morgan fingerprint density at radius 1 is 0.870 bits per heavy atom. The number of aliphatic imine (C=N–C) groups is 1. The molecule has 0 saturated carbocycles. The SMILES string of the molecule is CCCCCCCCCCCCCCC(CCO)C1=NCCN1. The molecule has 0 saturated heterocycles. The van der Waals surface area contributed by atoms with Gasteiger partial charge in [0.15, 0.2) is 0 Å². The molecule has 1 heterocycles. The van der Waals surface area contributed by atoms with Crippen molar-refractivity contribution in [1.29, 1.82) is 0 Å². The lowest BCUT2D eigenvalue weighted by Gasteiger charge is -2.16. The molecule has 0 aromatic carbocycles. The quantitative estimate of drug-likeness (QED) is 0.389. The molecular formula is C20H40N2O. The van der Waals surface area contributed by atoms with Crippen LogP contribution >= 0.6 is 0 Å². The van der Waals surface area contributed by atoms with E-state index in [-0.39, 0.29) is 6.61 Å². The zero-order valence-electron chi connectivity index (χ0n) is 15.5. The summed E-state index contributed by atoms with van der Waals surface area (Å²) < 4.78 is 0. The molecule has 1 rings (SSSR count). The van der Waals surface area contributed by atoms with E-state index in [4.69, 9.17) is 0 Å². The first kappa shape index (κ1) is 20.5. The lowest BCUT2D eigenvalue weighted by atomic mass is 9.96. The first-order valence-corrected chi connectivity index (χ1v) is 10.3. The normalized spacial score (nSPS) is 15.5. The molecule has 1 atom stereocenters. The smallest absolute Gasteiger partial charge is 0.0996 e. The van der Waals surface area contributed by atoms with Crippen LogP contribution in [-0.2, 0) is 0 Å². The molecule has 1 aliphatic heterocycles. The predicted octanol–water partition coefficient (Wildman–Crippen LogP) is 5.08. The monoisotopic (exact) mass is 324 g/mol. The van der Waals surface area contributed by atoms with Crippen LogP contribution in [0.25, 0.3) is 0 Å². The number of nitrogens with one attached hydrogen (secondary N) is 1. The summed E-state index contributed by atoms with van der Waals surface area (Å²) in [5.74, 6) is 1.62. The largest absolute Gasteiger partial charge is 0.396 e. The fraction of sp³-hybridized carbons (Fsp3) is 0.950. The Hall–Kier alpha value is -0.570. The number of aliphatic hydroxyl groups is 1. The van der Waals surface area contributed by atoms with E-state index in [0.717, 1.165) is 25.3 Å². The molecule has 1 aliphatic rings. The van der Waals surface area contributed by atoms with Crippen LogP contribution < -0.4 is 5.32 Å². The molecule has 0 aromatic heterocycles. The highest BCUT2D eigenvalue weighted by molar-refractivity contribution is 5.85. The van der Waals surface area contributed by atoms with Crippen LogP contribution in [0.2, 0.25) is 0 Å². The standard InChI is InChI=1S/C20H40N2O/c1-2-3-4-5-6-7-8-9-10-11-12-13-14-19(15-18-23)20-21-16-17-22-20/h19,23H,2-18H2,1H3,(H,21,22). The molecule has 0 aromatic rings. The average Bonchev–Trinajstić information content (AvgIpc) is 3.09. The van der Waals surface area contributed by atoms with Crippen molar-refractivity contribution >= 4 is 5.84 Å². The van der Waals surface area contributed by atoms with Gasteiger partial charge in [0.1, 0.15) is 0 Å². The number of aliphatic hydroxyl groups excluding tert-OH is 1. The van der Waals surface area contributed by atoms with Gasteiger partial charge in [0.2, 0.25) is 0 Å². The third kappa shape index (κ3) is 10.8. The van der Waals surface area contributed by atoms with Gasteiger partial charge in [0, 0.05) is 19.1 Å². The summed E-state index contributed by atoms with van der Waals surface area (Å²) in [5, 5.41) is 12.6. The maximum Gasteiger partial charge on any atom is 0.0996 e. The number of rotatable bonds is 16. The van der Waals surface area contributed by atoms with Crippen LogP contribution in [0.1, 0.15) is 96.8 Å². The van der Waals surface area contributed by atoms with Crippen LogP contribution in [0.5, 0.6) is 0 Å². The first-order chi connectivity index (χ1) is 11.4. The minimum absolute atomic E-state index is 0.281. The van der Waals surface area contributed by atoms with E-state index in [0.29, 0.717) is 5.92 Å². The molecule has 2 N–H and O–H groups in total. The van der Waals surface area contributed by atoms with Gasteiger partial charge in [-0.05, 0) is 12.8 Å². The summed E-state index contributed by atoms with van der Waals surface area (Å²) in [6.45, 7) is 4.46. The molecule has 0 fully saturated rings. The maximum atomic E-state index is 9.21. The van der Waals surface area contributed by atoms with Crippen LogP contribution in [0.4, 0.5) is 0 Å². The number of unbranched alkanes of at least 4 members (excludes halogenated alkanes) is 11. The van der Waals surface area contributed by atoms with Crippen molar-refractivity contribution < 1.29 is 5.11 Å². The fourth-order valence-electron chi connectivity index (χ4n) is 3.50. The van der Waals surface area contributed by atoms with Crippen molar-refractivity contribution in [2.75, 3.05) is 19.7 Å². The van der Waals surface area contributed by atoms with Crippen molar-refractivity contribution in [2.24, 2.45) is 10.9 Å². The summed E-state index contributed by atoms with van der Waals surface area (Å²) in [6.07, 6.45) is 18.8. The number of hydrogen-bond acceptors (Lipinski definition) is 3. The van der Waals surface area contributed by atoms with Gasteiger partial charge in [0.25, 0.3) is 0 Å². The summed E-state index contributed by atoms with van der Waals surface area (Å²) in [7, 11) is 0.